The molecule has 3 rings (SSSR count). The second kappa shape index (κ2) is 7.96. The van der Waals surface area contributed by atoms with Gasteiger partial charge in [-0.3, -0.25) is 9.36 Å². The van der Waals surface area contributed by atoms with E-state index in [1.54, 1.807) is 4.57 Å². The molecule has 1 aromatic carbocycles. The van der Waals surface area contributed by atoms with Crippen molar-refractivity contribution in [1.29, 1.82) is 0 Å². The van der Waals surface area contributed by atoms with Gasteiger partial charge in [-0.05, 0) is 25.3 Å². The van der Waals surface area contributed by atoms with Gasteiger partial charge in [0.05, 0.1) is 0 Å². The summed E-state index contributed by atoms with van der Waals surface area (Å²) in [4.78, 5) is 26.2. The number of carbonyl (C=O) groups is 1. The van der Waals surface area contributed by atoms with E-state index in [1.165, 1.54) is 0 Å². The summed E-state index contributed by atoms with van der Waals surface area (Å²) in [6.45, 7) is 3.92. The lowest BCUT2D eigenvalue weighted by molar-refractivity contribution is -0.131. The fraction of sp³-hybridized carbons (Fsp3) is 0.421. The topological polar surface area (TPSA) is 71.0 Å². The van der Waals surface area contributed by atoms with E-state index in [-0.39, 0.29) is 17.5 Å². The van der Waals surface area contributed by atoms with Crippen molar-refractivity contribution in [3.8, 4) is 0 Å². The van der Waals surface area contributed by atoms with E-state index in [0.29, 0.717) is 19.5 Å². The van der Waals surface area contributed by atoms with Gasteiger partial charge in [-0.15, -0.1) is 0 Å². The van der Waals surface area contributed by atoms with Gasteiger partial charge in [0, 0.05) is 32.0 Å². The van der Waals surface area contributed by atoms with Crippen LogP contribution in [-0.4, -0.2) is 38.7 Å². The Morgan fingerprint density at radius 2 is 2.16 bits per heavy atom. The van der Waals surface area contributed by atoms with Crippen molar-refractivity contribution >= 4 is 12.0 Å². The van der Waals surface area contributed by atoms with Gasteiger partial charge in [0.15, 0.2) is 0 Å². The zero-order chi connectivity index (χ0) is 17.6. The number of rotatable bonds is 5. The van der Waals surface area contributed by atoms with Crippen molar-refractivity contribution in [2.24, 2.45) is 0 Å². The van der Waals surface area contributed by atoms with Crippen molar-refractivity contribution in [3.05, 3.63) is 58.3 Å². The maximum Gasteiger partial charge on any atom is 0.343 e. The third-order valence-corrected chi connectivity index (χ3v) is 4.65. The van der Waals surface area contributed by atoms with Gasteiger partial charge in [0.1, 0.15) is 5.82 Å². The number of hydrogen-bond donors (Lipinski definition) is 1. The molecule has 0 aliphatic carbocycles. The molecule has 1 N–H and O–H groups in total. The standard InChI is InChI=1S/C19H24N4O2/c1-2-23-18(20-21-19(23)25)16-11-7-13-22(14-16)17(24)12-6-10-15-8-4-3-5-9-15/h3-6,8-10,16H,2,7,11-14H2,1H3,(H,21,25)/b10-6+/t16-/m1/s1. The summed E-state index contributed by atoms with van der Waals surface area (Å²) in [5, 5.41) is 6.70. The smallest absolute Gasteiger partial charge is 0.342 e. The van der Waals surface area contributed by atoms with Crippen LogP contribution in [0.5, 0.6) is 0 Å². The maximum atomic E-state index is 12.5. The van der Waals surface area contributed by atoms with E-state index in [9.17, 15) is 9.59 Å². The Morgan fingerprint density at radius 3 is 2.92 bits per heavy atom. The molecule has 0 saturated carbocycles. The van der Waals surface area contributed by atoms with E-state index < -0.39 is 0 Å². The Balaban J connectivity index is 1.62. The second-order valence-electron chi connectivity index (χ2n) is 6.33. The molecule has 1 aromatic heterocycles. The molecule has 0 spiro atoms. The van der Waals surface area contributed by atoms with E-state index in [0.717, 1.165) is 30.8 Å². The largest absolute Gasteiger partial charge is 0.343 e. The molecule has 132 valence electrons. The highest BCUT2D eigenvalue weighted by molar-refractivity contribution is 5.78. The van der Waals surface area contributed by atoms with Crippen LogP contribution >= 0.6 is 0 Å². The molecule has 6 heteroatoms. The minimum Gasteiger partial charge on any atom is -0.342 e. The first kappa shape index (κ1) is 17.2. The fourth-order valence-corrected chi connectivity index (χ4v) is 3.35. The molecule has 1 aliphatic rings. The SMILES string of the molecule is CCn1c([C@@H]2CCCN(C(=O)C/C=C/c3ccccc3)C2)n[nH]c1=O. The molecule has 2 heterocycles. The van der Waals surface area contributed by atoms with Crippen LogP contribution in [0.1, 0.15) is 43.5 Å². The van der Waals surface area contributed by atoms with Crippen LogP contribution in [0.4, 0.5) is 0 Å². The Labute approximate surface area is 147 Å². The summed E-state index contributed by atoms with van der Waals surface area (Å²) in [5.74, 6) is 1.01. The van der Waals surface area contributed by atoms with E-state index >= 15 is 0 Å². The monoisotopic (exact) mass is 340 g/mol. The van der Waals surface area contributed by atoms with E-state index in [1.807, 2.05) is 54.3 Å². The lowest BCUT2D eigenvalue weighted by Gasteiger charge is -2.32. The maximum absolute atomic E-state index is 12.5. The highest BCUT2D eigenvalue weighted by Crippen LogP contribution is 2.25. The quantitative estimate of drug-likeness (QED) is 0.908. The number of piperidine rings is 1. The van der Waals surface area contributed by atoms with E-state index in [4.69, 9.17) is 0 Å². The van der Waals surface area contributed by atoms with Crippen LogP contribution < -0.4 is 5.69 Å². The number of H-pyrrole nitrogens is 1. The van der Waals surface area contributed by atoms with Gasteiger partial charge in [0.25, 0.3) is 0 Å². The van der Waals surface area contributed by atoms with Crippen LogP contribution in [0.15, 0.2) is 41.2 Å². The number of benzene rings is 1. The van der Waals surface area contributed by atoms with E-state index in [2.05, 4.69) is 10.2 Å². The molecule has 0 unspecified atom stereocenters. The minimum absolute atomic E-state index is 0.120. The molecule has 1 aliphatic heterocycles. The van der Waals surface area contributed by atoms with Crippen LogP contribution in [0, 0.1) is 0 Å². The number of nitrogens with zero attached hydrogens (tertiary/aromatic N) is 3. The molecular formula is C19H24N4O2. The summed E-state index contributed by atoms with van der Waals surface area (Å²) in [6, 6.07) is 9.96. The van der Waals surface area contributed by atoms with Gasteiger partial charge in [-0.25, -0.2) is 9.89 Å². The minimum atomic E-state index is -0.174. The average molecular weight is 340 g/mol. The van der Waals surface area contributed by atoms with Crippen molar-refractivity contribution in [3.63, 3.8) is 0 Å². The summed E-state index contributed by atoms with van der Waals surface area (Å²) in [6.07, 6.45) is 6.17. The van der Waals surface area contributed by atoms with Crippen molar-refractivity contribution in [2.45, 2.75) is 38.6 Å². The molecular weight excluding hydrogens is 316 g/mol. The normalized spacial score (nSPS) is 18.0. The zero-order valence-corrected chi connectivity index (χ0v) is 14.5. The molecule has 0 bridgehead atoms. The highest BCUT2D eigenvalue weighted by atomic mass is 16.2. The number of likely N-dealkylation sites (tertiary alicyclic amines) is 1. The molecule has 0 radical (unpaired) electrons. The van der Waals surface area contributed by atoms with Crippen molar-refractivity contribution < 1.29 is 4.79 Å². The Bertz CT molecular complexity index is 791. The van der Waals surface area contributed by atoms with Gasteiger partial charge in [-0.2, -0.15) is 5.10 Å². The first-order valence-electron chi connectivity index (χ1n) is 8.83. The number of amides is 1. The Kier molecular flexibility index (Phi) is 5.48. The molecule has 1 saturated heterocycles. The molecule has 1 atom stereocenters. The molecule has 2 aromatic rings. The van der Waals surface area contributed by atoms with Crippen LogP contribution in [-0.2, 0) is 11.3 Å². The summed E-state index contributed by atoms with van der Waals surface area (Å²) in [5.41, 5.74) is 0.919. The third-order valence-electron chi connectivity index (χ3n) is 4.65. The first-order valence-corrected chi connectivity index (χ1v) is 8.83. The second-order valence-corrected chi connectivity index (χ2v) is 6.33. The number of hydrogen-bond acceptors (Lipinski definition) is 3. The Morgan fingerprint density at radius 1 is 1.36 bits per heavy atom. The van der Waals surface area contributed by atoms with Crippen molar-refractivity contribution in [1.82, 2.24) is 19.7 Å². The predicted octanol–water partition coefficient (Wildman–Crippen LogP) is 2.40. The van der Waals surface area contributed by atoms with Gasteiger partial charge in [0.2, 0.25) is 5.91 Å². The molecule has 6 nitrogen and oxygen atoms in total. The number of carbonyl (C=O) groups excluding carboxylic acids is 1. The molecule has 25 heavy (non-hydrogen) atoms. The predicted molar refractivity (Wildman–Crippen MR) is 97.2 cm³/mol. The lowest BCUT2D eigenvalue weighted by atomic mass is 9.96. The van der Waals surface area contributed by atoms with Crippen LogP contribution in [0.2, 0.25) is 0 Å². The number of aromatic nitrogens is 3. The third kappa shape index (κ3) is 4.07. The highest BCUT2D eigenvalue weighted by Gasteiger charge is 2.27. The summed E-state index contributed by atoms with van der Waals surface area (Å²) in [7, 11) is 0. The van der Waals surface area contributed by atoms with Crippen molar-refractivity contribution in [2.75, 3.05) is 13.1 Å². The molecule has 1 amide bonds. The molecule has 1 fully saturated rings. The van der Waals surface area contributed by atoms with Gasteiger partial charge < -0.3 is 4.90 Å². The number of nitrogens with one attached hydrogen (secondary N) is 1. The fourth-order valence-electron chi connectivity index (χ4n) is 3.35. The van der Waals surface area contributed by atoms with Crippen LogP contribution in [0.3, 0.4) is 0 Å². The van der Waals surface area contributed by atoms with Gasteiger partial charge in [-0.1, -0.05) is 42.5 Å². The lowest BCUT2D eigenvalue weighted by Crippen LogP contribution is -2.39. The summed E-state index contributed by atoms with van der Waals surface area (Å²) < 4.78 is 1.66. The van der Waals surface area contributed by atoms with Crippen LogP contribution in [0.25, 0.3) is 6.08 Å². The summed E-state index contributed by atoms with van der Waals surface area (Å²) >= 11 is 0. The number of aromatic amines is 1. The average Bonchev–Trinajstić information content (AvgIpc) is 3.03. The Hall–Kier alpha value is -2.63. The zero-order valence-electron chi connectivity index (χ0n) is 14.5. The van der Waals surface area contributed by atoms with Gasteiger partial charge >= 0.3 is 5.69 Å². The first-order chi connectivity index (χ1) is 12.2.